The molecule has 96 valence electrons. The lowest BCUT2D eigenvalue weighted by atomic mass is 10.1. The van der Waals surface area contributed by atoms with Crippen LogP contribution in [0.3, 0.4) is 0 Å². The van der Waals surface area contributed by atoms with Gasteiger partial charge < -0.3 is 9.84 Å². The number of ether oxygens (including phenoxy) is 1. The van der Waals surface area contributed by atoms with E-state index >= 15 is 0 Å². The highest BCUT2D eigenvalue weighted by atomic mass is 16.5. The van der Waals surface area contributed by atoms with Gasteiger partial charge >= 0.3 is 5.97 Å². The monoisotopic (exact) mass is 247 g/mol. The van der Waals surface area contributed by atoms with Gasteiger partial charge in [0.1, 0.15) is 6.04 Å². The molecule has 1 unspecified atom stereocenters. The van der Waals surface area contributed by atoms with E-state index in [2.05, 4.69) is 0 Å². The SMILES string of the molecule is O=C(O)C(C=Cc1ccccc1)N1CCOCC1. The first-order valence-corrected chi connectivity index (χ1v) is 6.05. The molecular formula is C14H17NO3. The summed E-state index contributed by atoms with van der Waals surface area (Å²) < 4.78 is 5.23. The standard InChI is InChI=1S/C14H17NO3/c16-14(17)13(15-8-10-18-11-9-15)7-6-12-4-2-1-3-5-12/h1-7,13H,8-11H2,(H,16,17). The van der Waals surface area contributed by atoms with E-state index in [0.717, 1.165) is 5.56 Å². The average molecular weight is 247 g/mol. The molecule has 1 saturated heterocycles. The minimum Gasteiger partial charge on any atom is -0.480 e. The van der Waals surface area contributed by atoms with Crippen LogP contribution in [-0.2, 0) is 9.53 Å². The third-order valence-electron chi connectivity index (χ3n) is 2.96. The van der Waals surface area contributed by atoms with Crippen LogP contribution in [0.25, 0.3) is 6.08 Å². The van der Waals surface area contributed by atoms with Gasteiger partial charge in [0.05, 0.1) is 13.2 Å². The molecule has 0 aromatic heterocycles. The lowest BCUT2D eigenvalue weighted by molar-refractivity contribution is -0.142. The first kappa shape index (κ1) is 12.8. The largest absolute Gasteiger partial charge is 0.480 e. The minimum atomic E-state index is -0.816. The molecule has 0 aliphatic carbocycles. The first-order chi connectivity index (χ1) is 8.77. The van der Waals surface area contributed by atoms with Crippen molar-refractivity contribution in [2.24, 2.45) is 0 Å². The molecule has 1 aromatic carbocycles. The summed E-state index contributed by atoms with van der Waals surface area (Å²) in [5.41, 5.74) is 1.01. The topological polar surface area (TPSA) is 49.8 Å². The fourth-order valence-corrected chi connectivity index (χ4v) is 1.98. The van der Waals surface area contributed by atoms with Crippen LogP contribution in [0.5, 0.6) is 0 Å². The van der Waals surface area contributed by atoms with Crippen molar-refractivity contribution in [3.63, 3.8) is 0 Å². The number of carbonyl (C=O) groups is 1. The van der Waals surface area contributed by atoms with Crippen molar-refractivity contribution in [3.05, 3.63) is 42.0 Å². The van der Waals surface area contributed by atoms with E-state index in [1.165, 1.54) is 0 Å². The van der Waals surface area contributed by atoms with Gasteiger partial charge in [0.15, 0.2) is 0 Å². The van der Waals surface area contributed by atoms with Crippen LogP contribution in [0.15, 0.2) is 36.4 Å². The number of carboxylic acids is 1. The Hall–Kier alpha value is -1.65. The lowest BCUT2D eigenvalue weighted by Gasteiger charge is -2.30. The molecule has 1 aliphatic heterocycles. The highest BCUT2D eigenvalue weighted by Crippen LogP contribution is 2.09. The molecule has 1 fully saturated rings. The summed E-state index contributed by atoms with van der Waals surface area (Å²) in [5.74, 6) is -0.816. The predicted octanol–water partition coefficient (Wildman–Crippen LogP) is 1.49. The van der Waals surface area contributed by atoms with Gasteiger partial charge in [0.25, 0.3) is 0 Å². The van der Waals surface area contributed by atoms with Gasteiger partial charge in [-0.3, -0.25) is 9.69 Å². The zero-order valence-electron chi connectivity index (χ0n) is 10.2. The fraction of sp³-hybridized carbons (Fsp3) is 0.357. The molecular weight excluding hydrogens is 230 g/mol. The average Bonchev–Trinajstić information content (AvgIpc) is 2.41. The van der Waals surface area contributed by atoms with Crippen LogP contribution in [0, 0.1) is 0 Å². The number of hydrogen-bond acceptors (Lipinski definition) is 3. The molecule has 0 radical (unpaired) electrons. The fourth-order valence-electron chi connectivity index (χ4n) is 1.98. The van der Waals surface area contributed by atoms with E-state index in [4.69, 9.17) is 4.74 Å². The maximum Gasteiger partial charge on any atom is 0.324 e. The Balaban J connectivity index is 2.06. The normalized spacial score (nSPS) is 18.9. The second kappa shape index (κ2) is 6.33. The van der Waals surface area contributed by atoms with Crippen LogP contribution in [-0.4, -0.2) is 48.3 Å². The quantitative estimate of drug-likeness (QED) is 0.875. The molecule has 1 aliphatic rings. The van der Waals surface area contributed by atoms with E-state index in [1.54, 1.807) is 6.08 Å². The van der Waals surface area contributed by atoms with Gasteiger partial charge in [-0.1, -0.05) is 42.5 Å². The molecule has 4 nitrogen and oxygen atoms in total. The van der Waals surface area contributed by atoms with E-state index in [0.29, 0.717) is 26.3 Å². The van der Waals surface area contributed by atoms with E-state index in [-0.39, 0.29) is 0 Å². The predicted molar refractivity (Wildman–Crippen MR) is 69.3 cm³/mol. The first-order valence-electron chi connectivity index (χ1n) is 6.05. The Morgan fingerprint density at radius 1 is 1.28 bits per heavy atom. The van der Waals surface area contributed by atoms with Crippen LogP contribution in [0.2, 0.25) is 0 Å². The molecule has 18 heavy (non-hydrogen) atoms. The number of rotatable bonds is 4. The maximum atomic E-state index is 11.3. The number of nitrogens with zero attached hydrogens (tertiary/aromatic N) is 1. The molecule has 0 saturated carbocycles. The second-order valence-corrected chi connectivity index (χ2v) is 4.20. The Bertz CT molecular complexity index is 410. The molecule has 1 aromatic rings. The van der Waals surface area contributed by atoms with E-state index < -0.39 is 12.0 Å². The van der Waals surface area contributed by atoms with Crippen molar-refractivity contribution in [1.29, 1.82) is 0 Å². The zero-order chi connectivity index (χ0) is 12.8. The molecule has 1 atom stereocenters. The summed E-state index contributed by atoms with van der Waals surface area (Å²) in [7, 11) is 0. The highest BCUT2D eigenvalue weighted by Gasteiger charge is 2.24. The molecule has 1 N–H and O–H groups in total. The maximum absolute atomic E-state index is 11.3. The summed E-state index contributed by atoms with van der Waals surface area (Å²) >= 11 is 0. The number of aliphatic carboxylic acids is 1. The summed E-state index contributed by atoms with van der Waals surface area (Å²) in [5, 5.41) is 9.27. The highest BCUT2D eigenvalue weighted by molar-refractivity contribution is 5.77. The van der Waals surface area contributed by atoms with Crippen LogP contribution < -0.4 is 0 Å². The van der Waals surface area contributed by atoms with Crippen molar-refractivity contribution < 1.29 is 14.6 Å². The van der Waals surface area contributed by atoms with Gasteiger partial charge in [0, 0.05) is 13.1 Å². The zero-order valence-corrected chi connectivity index (χ0v) is 10.2. The Morgan fingerprint density at radius 2 is 1.94 bits per heavy atom. The van der Waals surface area contributed by atoms with Crippen LogP contribution in [0.4, 0.5) is 0 Å². The van der Waals surface area contributed by atoms with Crippen LogP contribution in [0.1, 0.15) is 5.56 Å². The van der Waals surface area contributed by atoms with Crippen molar-refractivity contribution in [2.45, 2.75) is 6.04 Å². The van der Waals surface area contributed by atoms with Gasteiger partial charge in [-0.2, -0.15) is 0 Å². The third-order valence-corrected chi connectivity index (χ3v) is 2.96. The van der Waals surface area contributed by atoms with Gasteiger partial charge in [-0.15, -0.1) is 0 Å². The Kier molecular flexibility index (Phi) is 4.50. The number of hydrogen-bond donors (Lipinski definition) is 1. The smallest absolute Gasteiger partial charge is 0.324 e. The number of morpholine rings is 1. The summed E-state index contributed by atoms with van der Waals surface area (Å²) in [6.45, 7) is 2.53. The summed E-state index contributed by atoms with van der Waals surface area (Å²) in [6.07, 6.45) is 3.59. The summed E-state index contributed by atoms with van der Waals surface area (Å²) in [4.78, 5) is 13.2. The lowest BCUT2D eigenvalue weighted by Crippen LogP contribution is -2.46. The molecule has 0 amide bonds. The molecule has 0 spiro atoms. The van der Waals surface area contributed by atoms with Gasteiger partial charge in [0.2, 0.25) is 0 Å². The Labute approximate surface area is 106 Å². The van der Waals surface area contributed by atoms with Gasteiger partial charge in [-0.25, -0.2) is 0 Å². The minimum absolute atomic E-state index is 0.575. The molecule has 1 heterocycles. The molecule has 2 rings (SSSR count). The van der Waals surface area contributed by atoms with Crippen molar-refractivity contribution in [1.82, 2.24) is 4.90 Å². The Morgan fingerprint density at radius 3 is 2.56 bits per heavy atom. The molecule has 0 bridgehead atoms. The number of carboxylic acid groups (broad SMARTS) is 1. The van der Waals surface area contributed by atoms with E-state index in [9.17, 15) is 9.90 Å². The van der Waals surface area contributed by atoms with E-state index in [1.807, 2.05) is 41.3 Å². The second-order valence-electron chi connectivity index (χ2n) is 4.20. The van der Waals surface area contributed by atoms with Crippen molar-refractivity contribution in [3.8, 4) is 0 Å². The van der Waals surface area contributed by atoms with Gasteiger partial charge in [-0.05, 0) is 5.56 Å². The molecule has 4 heteroatoms. The number of benzene rings is 1. The van der Waals surface area contributed by atoms with Crippen molar-refractivity contribution >= 4 is 12.0 Å². The summed E-state index contributed by atoms with van der Waals surface area (Å²) in [6, 6.07) is 9.14. The van der Waals surface area contributed by atoms with Crippen LogP contribution >= 0.6 is 0 Å². The van der Waals surface area contributed by atoms with Crippen molar-refractivity contribution in [2.75, 3.05) is 26.3 Å². The third kappa shape index (κ3) is 3.42.